The molecule has 7 heteroatoms. The second-order valence-electron chi connectivity index (χ2n) is 5.24. The molecule has 2 aromatic carbocycles. The van der Waals surface area contributed by atoms with Gasteiger partial charge in [0.05, 0.1) is 16.8 Å². The second-order valence-corrected chi connectivity index (χ2v) is 6.88. The lowest BCUT2D eigenvalue weighted by molar-refractivity contribution is -0.137. The molecule has 0 bridgehead atoms. The zero-order valence-corrected chi connectivity index (χ0v) is 13.9. The van der Waals surface area contributed by atoms with Crippen LogP contribution in [0.25, 0.3) is 10.9 Å². The first-order valence-corrected chi connectivity index (χ1v) is 8.43. The highest BCUT2D eigenvalue weighted by molar-refractivity contribution is 7.85. The molecule has 0 aliphatic heterocycles. The molecule has 1 N–H and O–H groups in total. The monoisotopic (exact) mass is 351 g/mol. The number of aromatic nitrogens is 1. The lowest BCUT2D eigenvalue weighted by atomic mass is 10.2. The quantitative estimate of drug-likeness (QED) is 0.720. The van der Waals surface area contributed by atoms with Gasteiger partial charge in [-0.1, -0.05) is 18.2 Å². The summed E-state index contributed by atoms with van der Waals surface area (Å²) in [5.74, 6) is 0. The third kappa shape index (κ3) is 3.22. The van der Waals surface area contributed by atoms with Crippen molar-refractivity contribution >= 4 is 27.5 Å². The average molecular weight is 351 g/mol. The van der Waals surface area contributed by atoms with Crippen LogP contribution in [0.4, 0.5) is 18.9 Å². The minimum Gasteiger partial charge on any atom is -0.348 e. The van der Waals surface area contributed by atoms with Crippen LogP contribution in [0.15, 0.2) is 64.0 Å². The highest BCUT2D eigenvalue weighted by Crippen LogP contribution is 2.31. The number of nitrogens with zero attached hydrogens (tertiary/aromatic N) is 2. The molecule has 0 aliphatic carbocycles. The molecule has 3 nitrogen and oxygen atoms in total. The van der Waals surface area contributed by atoms with Gasteiger partial charge in [-0.25, -0.2) is 4.36 Å². The van der Waals surface area contributed by atoms with Gasteiger partial charge in [0.2, 0.25) is 0 Å². The van der Waals surface area contributed by atoms with E-state index in [1.807, 2.05) is 42.1 Å². The SMILES string of the molecule is CNS(=Nc1cn(C)c2ccccc12)c1ccc(C(F)(F)F)cc1. The van der Waals surface area contributed by atoms with Crippen molar-refractivity contribution in [3.05, 3.63) is 60.3 Å². The standard InChI is InChI=1S/C17H16F3N3S/c1-21-24(13-9-7-12(8-10-13)17(18,19)20)22-15-11-23(2)16-6-4-3-5-14(15)16/h3-11H,1-2H3,(H,21,22). The van der Waals surface area contributed by atoms with Gasteiger partial charge in [-0.2, -0.15) is 13.2 Å². The molecule has 126 valence electrons. The largest absolute Gasteiger partial charge is 0.416 e. The summed E-state index contributed by atoms with van der Waals surface area (Å²) in [5, 5.41) is 1.01. The summed E-state index contributed by atoms with van der Waals surface area (Å²) < 4.78 is 47.8. The molecule has 1 aromatic heterocycles. The first kappa shape index (κ1) is 16.7. The van der Waals surface area contributed by atoms with Crippen LogP contribution in [0.1, 0.15) is 5.56 Å². The van der Waals surface area contributed by atoms with E-state index in [0.29, 0.717) is 4.90 Å². The smallest absolute Gasteiger partial charge is 0.348 e. The van der Waals surface area contributed by atoms with Crippen LogP contribution < -0.4 is 4.72 Å². The molecule has 0 saturated heterocycles. The van der Waals surface area contributed by atoms with Gasteiger partial charge in [-0.05, 0) is 37.4 Å². The highest BCUT2D eigenvalue weighted by Gasteiger charge is 2.30. The topological polar surface area (TPSA) is 29.3 Å². The summed E-state index contributed by atoms with van der Waals surface area (Å²) in [6, 6.07) is 13.0. The Kier molecular flexibility index (Phi) is 4.47. The van der Waals surface area contributed by atoms with Crippen molar-refractivity contribution in [2.75, 3.05) is 7.05 Å². The Hall–Kier alpha value is -2.12. The molecule has 0 saturated carbocycles. The minimum absolute atomic E-state index is 0.656. The maximum Gasteiger partial charge on any atom is 0.416 e. The average Bonchev–Trinajstić information content (AvgIpc) is 2.88. The van der Waals surface area contributed by atoms with E-state index in [-0.39, 0.29) is 0 Å². The number of nitrogens with one attached hydrogen (secondary N) is 1. The van der Waals surface area contributed by atoms with Crippen molar-refractivity contribution in [1.82, 2.24) is 9.29 Å². The van der Waals surface area contributed by atoms with E-state index < -0.39 is 22.6 Å². The van der Waals surface area contributed by atoms with Gasteiger partial charge in [0.25, 0.3) is 0 Å². The van der Waals surface area contributed by atoms with Gasteiger partial charge in [0, 0.05) is 34.4 Å². The van der Waals surface area contributed by atoms with Crippen LogP contribution in [0.2, 0.25) is 0 Å². The highest BCUT2D eigenvalue weighted by atomic mass is 32.2. The fourth-order valence-corrected chi connectivity index (χ4v) is 3.65. The van der Waals surface area contributed by atoms with E-state index in [4.69, 9.17) is 4.36 Å². The van der Waals surface area contributed by atoms with E-state index in [0.717, 1.165) is 28.7 Å². The molecular formula is C17H16F3N3S. The van der Waals surface area contributed by atoms with Crippen molar-refractivity contribution < 1.29 is 13.2 Å². The summed E-state index contributed by atoms with van der Waals surface area (Å²) in [7, 11) is 2.96. The van der Waals surface area contributed by atoms with Gasteiger partial charge in [0.1, 0.15) is 0 Å². The molecule has 1 unspecified atom stereocenters. The number of para-hydroxylation sites is 1. The number of benzene rings is 2. The van der Waals surface area contributed by atoms with Crippen molar-refractivity contribution in [2.45, 2.75) is 11.1 Å². The van der Waals surface area contributed by atoms with Crippen LogP contribution in [0.5, 0.6) is 0 Å². The first-order chi connectivity index (χ1) is 11.4. The Morgan fingerprint density at radius 1 is 1.04 bits per heavy atom. The number of rotatable bonds is 3. The van der Waals surface area contributed by atoms with E-state index in [1.54, 1.807) is 7.05 Å². The van der Waals surface area contributed by atoms with Gasteiger partial charge in [-0.15, -0.1) is 0 Å². The summed E-state index contributed by atoms with van der Waals surface area (Å²) in [4.78, 5) is 0.707. The Labute approximate surface area is 140 Å². The normalized spacial score (nSPS) is 13.5. The lowest BCUT2D eigenvalue weighted by Gasteiger charge is -2.09. The molecule has 24 heavy (non-hydrogen) atoms. The number of alkyl halides is 3. The van der Waals surface area contributed by atoms with E-state index >= 15 is 0 Å². The van der Waals surface area contributed by atoms with E-state index in [1.165, 1.54) is 12.1 Å². The summed E-state index contributed by atoms with van der Waals surface area (Å²) in [6.45, 7) is 0. The van der Waals surface area contributed by atoms with Gasteiger partial charge >= 0.3 is 6.18 Å². The molecule has 0 fully saturated rings. The first-order valence-electron chi connectivity index (χ1n) is 7.25. The number of halogens is 3. The van der Waals surface area contributed by atoms with Crippen LogP contribution in [0.3, 0.4) is 0 Å². The number of hydrogen-bond acceptors (Lipinski definition) is 1. The van der Waals surface area contributed by atoms with Gasteiger partial charge < -0.3 is 4.57 Å². The third-order valence-electron chi connectivity index (χ3n) is 3.66. The van der Waals surface area contributed by atoms with Gasteiger partial charge in [0.15, 0.2) is 0 Å². The van der Waals surface area contributed by atoms with Crippen molar-refractivity contribution in [1.29, 1.82) is 0 Å². The number of fused-ring (bicyclic) bond motifs is 1. The molecule has 1 heterocycles. The van der Waals surface area contributed by atoms with Crippen LogP contribution in [-0.2, 0) is 24.1 Å². The molecule has 0 radical (unpaired) electrons. The summed E-state index contributed by atoms with van der Waals surface area (Å²) in [5.41, 5.74) is 1.21. The summed E-state index contributed by atoms with van der Waals surface area (Å²) in [6.07, 6.45) is -2.41. The minimum atomic E-state index is -4.33. The Morgan fingerprint density at radius 2 is 1.71 bits per heavy atom. The Balaban J connectivity index is 2.03. The molecule has 0 spiro atoms. The molecule has 0 aliphatic rings. The van der Waals surface area contributed by atoms with Crippen LogP contribution in [-0.4, -0.2) is 11.6 Å². The van der Waals surface area contributed by atoms with Crippen molar-refractivity contribution in [3.63, 3.8) is 0 Å². The molecule has 3 aromatic rings. The van der Waals surface area contributed by atoms with Gasteiger partial charge in [-0.3, -0.25) is 4.72 Å². The maximum atomic E-state index is 12.7. The van der Waals surface area contributed by atoms with Crippen LogP contribution in [0, 0.1) is 0 Å². The molecule has 1 atom stereocenters. The second kappa shape index (κ2) is 6.41. The third-order valence-corrected chi connectivity index (χ3v) is 5.15. The Bertz CT molecular complexity index is 896. The molecular weight excluding hydrogens is 335 g/mol. The Morgan fingerprint density at radius 3 is 2.33 bits per heavy atom. The van der Waals surface area contributed by atoms with Crippen molar-refractivity contribution in [3.8, 4) is 0 Å². The number of aryl methyl sites for hydroxylation is 1. The van der Waals surface area contributed by atoms with E-state index in [9.17, 15) is 13.2 Å². The van der Waals surface area contributed by atoms with Crippen molar-refractivity contribution in [2.24, 2.45) is 11.4 Å². The summed E-state index contributed by atoms with van der Waals surface area (Å²) >= 11 is 0. The lowest BCUT2D eigenvalue weighted by Crippen LogP contribution is -2.11. The zero-order valence-electron chi connectivity index (χ0n) is 13.1. The number of hydrogen-bond donors (Lipinski definition) is 1. The van der Waals surface area contributed by atoms with Crippen LogP contribution >= 0.6 is 0 Å². The fraction of sp³-hybridized carbons (Fsp3) is 0.176. The van der Waals surface area contributed by atoms with E-state index in [2.05, 4.69) is 4.72 Å². The molecule has 3 rings (SSSR count). The molecule has 0 amide bonds. The predicted octanol–water partition coefficient (Wildman–Crippen LogP) is 4.82. The fourth-order valence-electron chi connectivity index (χ4n) is 2.48. The predicted molar refractivity (Wildman–Crippen MR) is 91.1 cm³/mol. The maximum absolute atomic E-state index is 12.7. The zero-order chi connectivity index (χ0) is 17.3.